The Kier molecular flexibility index (Phi) is 5.36. The van der Waals surface area contributed by atoms with Crippen LogP contribution in [0.15, 0.2) is 24.4 Å². The number of amides is 2. The molecule has 23 heavy (non-hydrogen) atoms. The van der Waals surface area contributed by atoms with Crippen LogP contribution in [0.5, 0.6) is 0 Å². The van der Waals surface area contributed by atoms with E-state index < -0.39 is 0 Å². The second-order valence-electron chi connectivity index (χ2n) is 5.97. The fourth-order valence-electron chi connectivity index (χ4n) is 2.64. The van der Waals surface area contributed by atoms with Crippen LogP contribution in [0, 0.1) is 13.8 Å². The van der Waals surface area contributed by atoms with E-state index in [9.17, 15) is 4.79 Å². The van der Waals surface area contributed by atoms with Crippen LogP contribution < -0.4 is 10.6 Å². The minimum atomic E-state index is -0.185. The maximum Gasteiger partial charge on any atom is 0.315 e. The quantitative estimate of drug-likeness (QED) is 0.890. The van der Waals surface area contributed by atoms with Gasteiger partial charge in [0.05, 0.1) is 17.4 Å². The number of pyridine rings is 1. The fraction of sp³-hybridized carbons (Fsp3) is 0.471. The van der Waals surface area contributed by atoms with Crippen LogP contribution in [0.25, 0.3) is 0 Å². The Labute approximate surface area is 137 Å². The molecule has 0 aliphatic rings. The van der Waals surface area contributed by atoms with Gasteiger partial charge in [-0.15, -0.1) is 0 Å². The van der Waals surface area contributed by atoms with E-state index in [1.807, 2.05) is 57.6 Å². The Bertz CT molecular complexity index is 665. The van der Waals surface area contributed by atoms with Gasteiger partial charge in [0.1, 0.15) is 0 Å². The number of aryl methyl sites for hydroxylation is 2. The minimum absolute atomic E-state index is 0.0209. The van der Waals surface area contributed by atoms with Crippen LogP contribution in [-0.4, -0.2) is 26.8 Å². The van der Waals surface area contributed by atoms with E-state index in [-0.39, 0.29) is 18.1 Å². The highest BCUT2D eigenvalue weighted by Gasteiger charge is 2.16. The number of urea groups is 1. The molecule has 6 heteroatoms. The van der Waals surface area contributed by atoms with Gasteiger partial charge >= 0.3 is 6.03 Å². The first-order valence-corrected chi connectivity index (χ1v) is 7.85. The number of carbonyl (C=O) groups is 1. The van der Waals surface area contributed by atoms with Gasteiger partial charge in [-0.1, -0.05) is 6.07 Å². The molecule has 2 heterocycles. The molecular formula is C17H25N5O. The van der Waals surface area contributed by atoms with Crippen LogP contribution in [0.1, 0.15) is 42.5 Å². The molecule has 0 aromatic carbocycles. The zero-order valence-corrected chi connectivity index (χ0v) is 14.4. The molecule has 0 fully saturated rings. The van der Waals surface area contributed by atoms with E-state index in [0.717, 1.165) is 23.5 Å². The van der Waals surface area contributed by atoms with E-state index in [1.54, 1.807) is 6.20 Å². The number of nitrogens with zero attached hydrogens (tertiary/aromatic N) is 3. The monoisotopic (exact) mass is 315 g/mol. The zero-order valence-electron chi connectivity index (χ0n) is 14.4. The van der Waals surface area contributed by atoms with Gasteiger partial charge in [0.25, 0.3) is 0 Å². The highest BCUT2D eigenvalue weighted by molar-refractivity contribution is 5.74. The predicted molar refractivity (Wildman–Crippen MR) is 90.2 cm³/mol. The van der Waals surface area contributed by atoms with Crippen molar-refractivity contribution in [2.24, 2.45) is 7.05 Å². The van der Waals surface area contributed by atoms with E-state index in [4.69, 9.17) is 0 Å². The third kappa shape index (κ3) is 4.31. The van der Waals surface area contributed by atoms with Crippen LogP contribution in [0.4, 0.5) is 4.79 Å². The van der Waals surface area contributed by atoms with Crippen molar-refractivity contribution in [3.05, 3.63) is 47.0 Å². The molecule has 2 aromatic rings. The van der Waals surface area contributed by atoms with Crippen LogP contribution in [0.3, 0.4) is 0 Å². The third-order valence-corrected chi connectivity index (χ3v) is 4.03. The summed E-state index contributed by atoms with van der Waals surface area (Å²) in [6.45, 7) is 7.96. The highest BCUT2D eigenvalue weighted by Crippen LogP contribution is 2.14. The lowest BCUT2D eigenvalue weighted by atomic mass is 10.1. The average Bonchev–Trinajstić information content (AvgIpc) is 2.74. The van der Waals surface area contributed by atoms with Crippen molar-refractivity contribution < 1.29 is 4.79 Å². The number of carbonyl (C=O) groups excluding carboxylic acids is 1. The standard InChI is InChI=1S/C17H25N5O/c1-11(10-15-12(2)21-22(5)14(15)4)19-17(23)20-13(3)16-8-6-7-9-18-16/h6-9,11,13H,10H2,1-5H3,(H2,19,20,23)/t11-,13+/m1/s1. The second-order valence-corrected chi connectivity index (χ2v) is 5.97. The average molecular weight is 315 g/mol. The Morgan fingerprint density at radius 2 is 2.00 bits per heavy atom. The first-order chi connectivity index (χ1) is 10.9. The molecule has 2 atom stereocenters. The van der Waals surface area contributed by atoms with Crippen LogP contribution in [-0.2, 0) is 13.5 Å². The fourth-order valence-corrected chi connectivity index (χ4v) is 2.64. The summed E-state index contributed by atoms with van der Waals surface area (Å²) in [5, 5.41) is 10.3. The lowest BCUT2D eigenvalue weighted by Gasteiger charge is -2.18. The van der Waals surface area contributed by atoms with Crippen molar-refractivity contribution in [2.75, 3.05) is 0 Å². The summed E-state index contributed by atoms with van der Waals surface area (Å²) in [4.78, 5) is 16.4. The van der Waals surface area contributed by atoms with E-state index in [0.29, 0.717) is 0 Å². The molecule has 2 aromatic heterocycles. The summed E-state index contributed by atoms with van der Waals surface area (Å²) in [5.41, 5.74) is 4.19. The summed E-state index contributed by atoms with van der Waals surface area (Å²) in [6.07, 6.45) is 2.49. The molecule has 2 amide bonds. The molecular weight excluding hydrogens is 290 g/mol. The smallest absolute Gasteiger partial charge is 0.315 e. The number of hydrogen-bond acceptors (Lipinski definition) is 3. The van der Waals surface area contributed by atoms with Gasteiger partial charge in [-0.2, -0.15) is 5.10 Å². The Morgan fingerprint density at radius 3 is 2.57 bits per heavy atom. The molecule has 0 aliphatic heterocycles. The van der Waals surface area contributed by atoms with Crippen LogP contribution in [0.2, 0.25) is 0 Å². The predicted octanol–water partition coefficient (Wildman–Crippen LogP) is 2.42. The topological polar surface area (TPSA) is 71.8 Å². The van der Waals surface area contributed by atoms with Crippen molar-refractivity contribution in [1.82, 2.24) is 25.4 Å². The number of hydrogen-bond donors (Lipinski definition) is 2. The van der Waals surface area contributed by atoms with E-state index >= 15 is 0 Å². The molecule has 0 saturated carbocycles. The Balaban J connectivity index is 1.90. The van der Waals surface area contributed by atoms with Gasteiger partial charge in [0.15, 0.2) is 0 Å². The molecule has 0 saturated heterocycles. The van der Waals surface area contributed by atoms with Gasteiger partial charge < -0.3 is 10.6 Å². The maximum absolute atomic E-state index is 12.1. The maximum atomic E-state index is 12.1. The Morgan fingerprint density at radius 1 is 1.26 bits per heavy atom. The normalized spacial score (nSPS) is 13.4. The van der Waals surface area contributed by atoms with Crippen molar-refractivity contribution in [3.63, 3.8) is 0 Å². The lowest BCUT2D eigenvalue weighted by molar-refractivity contribution is 0.234. The Hall–Kier alpha value is -2.37. The SMILES string of the molecule is Cc1nn(C)c(C)c1C[C@@H](C)NC(=O)N[C@@H](C)c1ccccn1. The highest BCUT2D eigenvalue weighted by atomic mass is 16.2. The summed E-state index contributed by atoms with van der Waals surface area (Å²) < 4.78 is 1.88. The van der Waals surface area contributed by atoms with Crippen LogP contribution >= 0.6 is 0 Å². The molecule has 2 N–H and O–H groups in total. The molecule has 6 nitrogen and oxygen atoms in total. The molecule has 0 spiro atoms. The summed E-state index contributed by atoms with van der Waals surface area (Å²) in [5.74, 6) is 0. The molecule has 0 aliphatic carbocycles. The summed E-state index contributed by atoms with van der Waals surface area (Å²) in [6, 6.07) is 5.37. The zero-order chi connectivity index (χ0) is 17.0. The molecule has 0 radical (unpaired) electrons. The first kappa shape index (κ1) is 17.0. The summed E-state index contributed by atoms with van der Waals surface area (Å²) >= 11 is 0. The van der Waals surface area contributed by atoms with Gasteiger partial charge in [-0.3, -0.25) is 9.67 Å². The van der Waals surface area contributed by atoms with E-state index in [1.165, 1.54) is 5.56 Å². The largest absolute Gasteiger partial charge is 0.335 e. The van der Waals surface area contributed by atoms with Crippen molar-refractivity contribution in [3.8, 4) is 0 Å². The molecule has 0 unspecified atom stereocenters. The van der Waals surface area contributed by atoms with Crippen molar-refractivity contribution >= 4 is 6.03 Å². The molecule has 0 bridgehead atoms. The van der Waals surface area contributed by atoms with Crippen molar-refractivity contribution in [1.29, 1.82) is 0 Å². The third-order valence-electron chi connectivity index (χ3n) is 4.03. The lowest BCUT2D eigenvalue weighted by Crippen LogP contribution is -2.42. The number of nitrogens with one attached hydrogen (secondary N) is 2. The van der Waals surface area contributed by atoms with Gasteiger partial charge in [0, 0.05) is 25.0 Å². The molecule has 124 valence electrons. The minimum Gasteiger partial charge on any atom is -0.335 e. The van der Waals surface area contributed by atoms with E-state index in [2.05, 4.69) is 20.7 Å². The number of rotatable bonds is 5. The molecule has 2 rings (SSSR count). The second kappa shape index (κ2) is 7.26. The van der Waals surface area contributed by atoms with Crippen molar-refractivity contribution in [2.45, 2.75) is 46.2 Å². The number of aromatic nitrogens is 3. The summed E-state index contributed by atoms with van der Waals surface area (Å²) in [7, 11) is 1.94. The van der Waals surface area contributed by atoms with Gasteiger partial charge in [-0.25, -0.2) is 4.79 Å². The first-order valence-electron chi connectivity index (χ1n) is 7.85. The van der Waals surface area contributed by atoms with Gasteiger partial charge in [-0.05, 0) is 51.8 Å². The van der Waals surface area contributed by atoms with Gasteiger partial charge in [0.2, 0.25) is 0 Å².